The third-order valence-electron chi connectivity index (χ3n) is 5.76. The largest absolute Gasteiger partial charge is 0.389 e. The maximum absolute atomic E-state index is 14.1. The fourth-order valence-electron chi connectivity index (χ4n) is 3.81. The summed E-state index contributed by atoms with van der Waals surface area (Å²) in [5.41, 5.74) is 0.132. The summed E-state index contributed by atoms with van der Waals surface area (Å²) in [5, 5.41) is 2.22. The predicted molar refractivity (Wildman–Crippen MR) is 120 cm³/mol. The van der Waals surface area contributed by atoms with Gasteiger partial charge in [0.2, 0.25) is 11.0 Å². The number of alkyl halides is 3. The van der Waals surface area contributed by atoms with Gasteiger partial charge in [-0.15, -0.1) is 0 Å². The molecule has 11 heteroatoms. The molecule has 2 fully saturated rings. The van der Waals surface area contributed by atoms with Gasteiger partial charge in [-0.3, -0.25) is 9.59 Å². The quantitative estimate of drug-likeness (QED) is 0.350. The molecular weight excluding hydrogens is 483 g/mol. The van der Waals surface area contributed by atoms with E-state index in [4.69, 9.17) is 12.2 Å². The van der Waals surface area contributed by atoms with Gasteiger partial charge in [0.05, 0.1) is 17.5 Å². The zero-order valence-corrected chi connectivity index (χ0v) is 19.4. The van der Waals surface area contributed by atoms with Crippen LogP contribution in [-0.2, 0) is 16.1 Å². The number of likely N-dealkylation sites (tertiary alicyclic amines) is 1. The van der Waals surface area contributed by atoms with Gasteiger partial charge in [0.25, 0.3) is 0 Å². The SMILES string of the molecule is O=C(C[C@@H]1CCC(=S)N1Cc1cccc(F)c1F)N[C@@H](CC1CC1)C(=O)SCCC(F)(F)F. The van der Waals surface area contributed by atoms with Crippen LogP contribution in [0.2, 0.25) is 0 Å². The van der Waals surface area contributed by atoms with E-state index >= 15 is 0 Å². The number of carbonyl (C=O) groups excluding carboxylic acids is 2. The summed E-state index contributed by atoms with van der Waals surface area (Å²) in [4.78, 5) is 27.4. The lowest BCUT2D eigenvalue weighted by Gasteiger charge is -2.27. The lowest BCUT2D eigenvalue weighted by atomic mass is 10.1. The zero-order valence-electron chi connectivity index (χ0n) is 17.8. The Balaban J connectivity index is 1.58. The van der Waals surface area contributed by atoms with E-state index in [9.17, 15) is 31.5 Å². The van der Waals surface area contributed by atoms with E-state index in [0.717, 1.165) is 18.9 Å². The van der Waals surface area contributed by atoms with Crippen molar-refractivity contribution >= 4 is 40.0 Å². The number of rotatable bonds is 10. The van der Waals surface area contributed by atoms with Gasteiger partial charge in [0.1, 0.15) is 0 Å². The van der Waals surface area contributed by atoms with Gasteiger partial charge < -0.3 is 10.2 Å². The number of carbonyl (C=O) groups is 2. The van der Waals surface area contributed by atoms with E-state index in [2.05, 4.69) is 5.32 Å². The summed E-state index contributed by atoms with van der Waals surface area (Å²) in [7, 11) is 0. The summed E-state index contributed by atoms with van der Waals surface area (Å²) < 4.78 is 64.8. The van der Waals surface area contributed by atoms with Crippen LogP contribution in [0.5, 0.6) is 0 Å². The molecule has 0 aromatic heterocycles. The molecule has 1 heterocycles. The van der Waals surface area contributed by atoms with Crippen molar-refractivity contribution in [1.82, 2.24) is 10.2 Å². The minimum Gasteiger partial charge on any atom is -0.358 e. The number of hydrogen-bond donors (Lipinski definition) is 1. The molecule has 0 unspecified atom stereocenters. The molecule has 1 aromatic rings. The second-order valence-corrected chi connectivity index (χ2v) is 10.0. The Bertz CT molecular complexity index is 892. The van der Waals surface area contributed by atoms with Crippen LogP contribution in [-0.4, -0.2) is 44.9 Å². The average molecular weight is 509 g/mol. The summed E-state index contributed by atoms with van der Waals surface area (Å²) in [6.45, 7) is 0.0259. The zero-order chi connectivity index (χ0) is 24.2. The predicted octanol–water partition coefficient (Wildman–Crippen LogP) is 5.14. The standard InChI is InChI=1S/C22H25F5N2O2S2/c23-16-3-1-2-14(20(16)24)12-29-15(6-7-19(29)32)11-18(30)28-17(10-13-4-5-13)21(31)33-9-8-22(25,26)27/h1-3,13,15,17H,4-12H2,(H,28,30)/t15-,17-/m0/s1. The minimum atomic E-state index is -4.34. The van der Waals surface area contributed by atoms with Crippen LogP contribution in [0.15, 0.2) is 18.2 Å². The highest BCUT2D eigenvalue weighted by molar-refractivity contribution is 8.13. The molecule has 1 aliphatic carbocycles. The molecule has 1 saturated heterocycles. The maximum Gasteiger partial charge on any atom is 0.389 e. The highest BCUT2D eigenvalue weighted by atomic mass is 32.2. The Morgan fingerprint density at radius 3 is 2.61 bits per heavy atom. The first-order chi connectivity index (χ1) is 15.5. The fraction of sp³-hybridized carbons (Fsp3) is 0.591. The van der Waals surface area contributed by atoms with Crippen molar-refractivity contribution in [3.63, 3.8) is 0 Å². The molecule has 1 N–H and O–H groups in total. The van der Waals surface area contributed by atoms with Gasteiger partial charge in [-0.05, 0) is 31.2 Å². The first kappa shape index (κ1) is 25.9. The van der Waals surface area contributed by atoms with Crippen LogP contribution in [0.1, 0.15) is 50.5 Å². The summed E-state index contributed by atoms with van der Waals surface area (Å²) >= 11 is 5.94. The number of hydrogen-bond acceptors (Lipinski definition) is 4. The van der Waals surface area contributed by atoms with Gasteiger partial charge in [0, 0.05) is 30.3 Å². The van der Waals surface area contributed by atoms with Crippen LogP contribution in [0, 0.1) is 17.6 Å². The average Bonchev–Trinajstić information content (AvgIpc) is 3.48. The smallest absolute Gasteiger partial charge is 0.358 e. The van der Waals surface area contributed by atoms with Crippen LogP contribution >= 0.6 is 24.0 Å². The van der Waals surface area contributed by atoms with E-state index in [1.165, 1.54) is 12.1 Å². The summed E-state index contributed by atoms with van der Waals surface area (Å²) in [6, 6.07) is 2.70. The molecule has 0 radical (unpaired) electrons. The first-order valence-electron chi connectivity index (χ1n) is 10.8. The fourth-order valence-corrected chi connectivity index (χ4v) is 5.04. The molecule has 182 valence electrons. The van der Waals surface area contributed by atoms with Crippen LogP contribution in [0.3, 0.4) is 0 Å². The number of halogens is 5. The van der Waals surface area contributed by atoms with Crippen molar-refractivity contribution in [3.8, 4) is 0 Å². The Morgan fingerprint density at radius 1 is 1.21 bits per heavy atom. The molecule has 1 aromatic carbocycles. The number of thioether (sulfide) groups is 1. The Kier molecular flexibility index (Phi) is 8.71. The van der Waals surface area contributed by atoms with Crippen molar-refractivity contribution in [2.45, 2.75) is 69.8 Å². The molecule has 1 saturated carbocycles. The molecule has 3 rings (SSSR count). The van der Waals surface area contributed by atoms with E-state index in [1.54, 1.807) is 4.90 Å². The van der Waals surface area contributed by atoms with Crippen molar-refractivity contribution in [1.29, 1.82) is 0 Å². The monoisotopic (exact) mass is 508 g/mol. The third-order valence-corrected chi connectivity index (χ3v) is 7.18. The topological polar surface area (TPSA) is 49.4 Å². The number of amides is 1. The van der Waals surface area contributed by atoms with Crippen LogP contribution in [0.25, 0.3) is 0 Å². The van der Waals surface area contributed by atoms with Crippen molar-refractivity contribution in [2.75, 3.05) is 5.75 Å². The first-order valence-corrected chi connectivity index (χ1v) is 12.2. The van der Waals surface area contributed by atoms with Crippen LogP contribution in [0.4, 0.5) is 22.0 Å². The Hall–Kier alpha value is -1.75. The number of thiocarbonyl (C=S) groups is 1. The van der Waals surface area contributed by atoms with E-state index < -0.39 is 41.3 Å². The number of benzene rings is 1. The number of nitrogens with zero attached hydrogens (tertiary/aromatic N) is 1. The molecule has 0 spiro atoms. The lowest BCUT2D eigenvalue weighted by Crippen LogP contribution is -2.43. The van der Waals surface area contributed by atoms with E-state index in [0.29, 0.717) is 36.0 Å². The molecule has 0 bridgehead atoms. The Morgan fingerprint density at radius 2 is 1.94 bits per heavy atom. The third kappa shape index (κ3) is 7.91. The van der Waals surface area contributed by atoms with Gasteiger partial charge in [0.15, 0.2) is 11.6 Å². The van der Waals surface area contributed by atoms with Gasteiger partial charge in [-0.1, -0.05) is 49.0 Å². The second kappa shape index (κ2) is 11.1. The van der Waals surface area contributed by atoms with Crippen LogP contribution < -0.4 is 5.32 Å². The molecule has 2 atom stereocenters. The summed E-state index contributed by atoms with van der Waals surface area (Å²) in [6.07, 6.45) is -2.06. The maximum atomic E-state index is 14.1. The molecule has 1 amide bonds. The molecule has 4 nitrogen and oxygen atoms in total. The van der Waals surface area contributed by atoms with Crippen molar-refractivity contribution < 1.29 is 31.5 Å². The van der Waals surface area contributed by atoms with Crippen molar-refractivity contribution in [2.24, 2.45) is 5.92 Å². The van der Waals surface area contributed by atoms with Gasteiger partial charge >= 0.3 is 6.18 Å². The number of nitrogens with one attached hydrogen (secondary N) is 1. The highest BCUT2D eigenvalue weighted by Crippen LogP contribution is 2.35. The van der Waals surface area contributed by atoms with Gasteiger partial charge in [-0.25, -0.2) is 8.78 Å². The van der Waals surface area contributed by atoms with E-state index in [-0.39, 0.29) is 36.2 Å². The Labute approximate surface area is 198 Å². The van der Waals surface area contributed by atoms with E-state index in [1.807, 2.05) is 0 Å². The molecular formula is C22H25F5N2O2S2. The normalized spacial score (nSPS) is 19.6. The second-order valence-electron chi connectivity index (χ2n) is 8.46. The lowest BCUT2D eigenvalue weighted by molar-refractivity contribution is -0.130. The van der Waals surface area contributed by atoms with Crippen molar-refractivity contribution in [3.05, 3.63) is 35.4 Å². The highest BCUT2D eigenvalue weighted by Gasteiger charge is 2.34. The molecule has 1 aliphatic heterocycles. The van der Waals surface area contributed by atoms with Gasteiger partial charge in [-0.2, -0.15) is 13.2 Å². The molecule has 33 heavy (non-hydrogen) atoms. The molecule has 2 aliphatic rings. The summed E-state index contributed by atoms with van der Waals surface area (Å²) in [5.74, 6) is -2.43. The minimum absolute atomic E-state index is 0.00125.